The molecule has 1 heterocycles. The second-order valence-electron chi connectivity index (χ2n) is 3.70. The minimum absolute atomic E-state index is 0.0786. The number of para-hydroxylation sites is 1. The first-order chi connectivity index (χ1) is 8.54. The average Bonchev–Trinajstić information content (AvgIpc) is 2.71. The summed E-state index contributed by atoms with van der Waals surface area (Å²) in [5, 5.41) is 9.04. The summed E-state index contributed by atoms with van der Waals surface area (Å²) in [5.74, 6) is -1.41. The molecule has 0 aliphatic carbocycles. The Labute approximate surface area is 102 Å². The van der Waals surface area contributed by atoms with E-state index in [0.29, 0.717) is 11.0 Å². The lowest BCUT2D eigenvalue weighted by Gasteiger charge is -1.97. The maximum Gasteiger partial charge on any atom is 0.337 e. The van der Waals surface area contributed by atoms with Gasteiger partial charge < -0.3 is 10.1 Å². The third kappa shape index (κ3) is 1.90. The molecule has 2 aromatic rings. The van der Waals surface area contributed by atoms with Gasteiger partial charge in [-0.15, -0.1) is 0 Å². The fraction of sp³-hybridized carbons (Fsp3) is 0.0769. The van der Waals surface area contributed by atoms with Crippen LogP contribution in [0, 0.1) is 0 Å². The normalized spacial score (nSPS) is 11.8. The number of nitrogens with one attached hydrogen (secondary N) is 1. The van der Waals surface area contributed by atoms with E-state index in [0.717, 1.165) is 0 Å². The van der Waals surface area contributed by atoms with E-state index in [1.165, 1.54) is 12.1 Å². The molecule has 0 saturated carbocycles. The number of H-pyrrole nitrogens is 1. The van der Waals surface area contributed by atoms with Crippen molar-refractivity contribution in [1.82, 2.24) is 9.97 Å². The zero-order valence-corrected chi connectivity index (χ0v) is 9.70. The number of fused-ring (bicyclic) bond motifs is 1. The van der Waals surface area contributed by atoms with Crippen LogP contribution in [0.25, 0.3) is 16.6 Å². The van der Waals surface area contributed by atoms with Crippen molar-refractivity contribution in [3.05, 3.63) is 48.1 Å². The summed E-state index contributed by atoms with van der Waals surface area (Å²) in [4.78, 5) is 18.0. The van der Waals surface area contributed by atoms with Crippen molar-refractivity contribution < 1.29 is 14.3 Å². The number of nitrogens with zero attached hydrogens (tertiary/aromatic N) is 1. The number of aromatic amines is 1. The second-order valence-corrected chi connectivity index (χ2v) is 3.70. The zero-order chi connectivity index (χ0) is 13.3. The van der Waals surface area contributed by atoms with Crippen molar-refractivity contribution in [2.45, 2.75) is 6.92 Å². The van der Waals surface area contributed by atoms with Crippen molar-refractivity contribution >= 4 is 22.6 Å². The third-order valence-corrected chi connectivity index (χ3v) is 2.58. The Morgan fingerprint density at radius 1 is 1.56 bits per heavy atom. The summed E-state index contributed by atoms with van der Waals surface area (Å²) >= 11 is 0. The predicted molar refractivity (Wildman–Crippen MR) is 67.0 cm³/mol. The van der Waals surface area contributed by atoms with Crippen LogP contribution in [0.2, 0.25) is 0 Å². The third-order valence-electron chi connectivity index (χ3n) is 2.58. The highest BCUT2D eigenvalue weighted by Gasteiger charge is 2.15. The molecule has 0 aliphatic rings. The topological polar surface area (TPSA) is 66.0 Å². The van der Waals surface area contributed by atoms with Gasteiger partial charge in [0.1, 0.15) is 17.2 Å². The van der Waals surface area contributed by atoms with E-state index >= 15 is 0 Å². The number of allylic oxidation sites excluding steroid dienone is 3. The molecule has 0 aliphatic heterocycles. The lowest BCUT2D eigenvalue weighted by molar-refractivity contribution is 0.0699. The Kier molecular flexibility index (Phi) is 2.97. The van der Waals surface area contributed by atoms with Crippen molar-refractivity contribution in [2.75, 3.05) is 0 Å². The van der Waals surface area contributed by atoms with Gasteiger partial charge in [0.05, 0.1) is 11.1 Å². The van der Waals surface area contributed by atoms with Gasteiger partial charge in [0, 0.05) is 5.57 Å². The number of carboxylic acids is 1. The maximum atomic E-state index is 13.2. The number of imidazole rings is 1. The van der Waals surface area contributed by atoms with E-state index in [9.17, 15) is 9.18 Å². The van der Waals surface area contributed by atoms with E-state index in [2.05, 4.69) is 16.5 Å². The number of hydrogen-bond acceptors (Lipinski definition) is 2. The molecule has 2 N–H and O–H groups in total. The first-order valence-electron chi connectivity index (χ1n) is 5.28. The standard InChI is InChI=1S/C13H11FN2O2/c1-3-8(7(2)14)12-15-10-6-4-5-9(13(17)18)11(10)16-12/h3-6H,2H2,1H3,(H,15,16)(H,17,18). The fourth-order valence-electron chi connectivity index (χ4n) is 1.75. The van der Waals surface area contributed by atoms with Crippen LogP contribution in [0.1, 0.15) is 23.1 Å². The molecule has 0 atom stereocenters. The van der Waals surface area contributed by atoms with Gasteiger partial charge in [0.25, 0.3) is 0 Å². The van der Waals surface area contributed by atoms with E-state index in [1.54, 1.807) is 19.1 Å². The smallest absolute Gasteiger partial charge is 0.337 e. The molecule has 1 aromatic carbocycles. The Hall–Kier alpha value is -2.43. The van der Waals surface area contributed by atoms with Crippen LogP contribution in [0.15, 0.2) is 36.7 Å². The Balaban J connectivity index is 2.68. The van der Waals surface area contributed by atoms with Crippen LogP contribution >= 0.6 is 0 Å². The highest BCUT2D eigenvalue weighted by Crippen LogP contribution is 2.24. The summed E-state index contributed by atoms with van der Waals surface area (Å²) in [6, 6.07) is 4.74. The number of halogens is 1. The summed E-state index contributed by atoms with van der Waals surface area (Å²) < 4.78 is 13.2. The Morgan fingerprint density at radius 2 is 2.28 bits per heavy atom. The summed E-state index contributed by atoms with van der Waals surface area (Å²) in [6.45, 7) is 4.88. The molecule has 18 heavy (non-hydrogen) atoms. The van der Waals surface area contributed by atoms with Crippen molar-refractivity contribution in [1.29, 1.82) is 0 Å². The number of benzene rings is 1. The van der Waals surface area contributed by atoms with Crippen LogP contribution < -0.4 is 0 Å². The minimum atomic E-state index is -1.07. The number of carboxylic acid groups (broad SMARTS) is 1. The Morgan fingerprint density at radius 3 is 2.83 bits per heavy atom. The molecule has 0 fully saturated rings. The largest absolute Gasteiger partial charge is 0.478 e. The molecule has 5 heteroatoms. The van der Waals surface area contributed by atoms with Crippen LogP contribution in [-0.2, 0) is 0 Å². The summed E-state index contributed by atoms with van der Waals surface area (Å²) in [5.41, 5.74) is 1.16. The van der Waals surface area contributed by atoms with Gasteiger partial charge in [-0.3, -0.25) is 0 Å². The van der Waals surface area contributed by atoms with Gasteiger partial charge in [0.15, 0.2) is 0 Å². The lowest BCUT2D eigenvalue weighted by atomic mass is 10.2. The molecule has 0 unspecified atom stereocenters. The SMILES string of the molecule is C=C(F)C(=CC)c1nc2c(C(=O)O)cccc2[nH]1. The maximum absolute atomic E-state index is 13.2. The predicted octanol–water partition coefficient (Wildman–Crippen LogP) is 3.15. The van der Waals surface area contributed by atoms with Crippen LogP contribution in [0.5, 0.6) is 0 Å². The molecule has 2 rings (SSSR count). The lowest BCUT2D eigenvalue weighted by Crippen LogP contribution is -1.96. The van der Waals surface area contributed by atoms with E-state index < -0.39 is 11.8 Å². The monoisotopic (exact) mass is 246 g/mol. The Bertz CT molecular complexity index is 671. The highest BCUT2D eigenvalue weighted by molar-refractivity contribution is 6.01. The number of aromatic carboxylic acids is 1. The number of carbonyl (C=O) groups is 1. The number of rotatable bonds is 3. The van der Waals surface area contributed by atoms with Crippen molar-refractivity contribution in [3.8, 4) is 0 Å². The second kappa shape index (κ2) is 4.44. The van der Waals surface area contributed by atoms with Crippen molar-refractivity contribution in [3.63, 3.8) is 0 Å². The fourth-order valence-corrected chi connectivity index (χ4v) is 1.75. The molecule has 92 valence electrons. The van der Waals surface area contributed by atoms with Gasteiger partial charge in [-0.25, -0.2) is 14.2 Å². The number of aromatic nitrogens is 2. The molecule has 0 radical (unpaired) electrons. The summed E-state index contributed by atoms with van der Waals surface area (Å²) in [7, 11) is 0. The van der Waals surface area contributed by atoms with Crippen molar-refractivity contribution in [2.24, 2.45) is 0 Å². The van der Waals surface area contributed by atoms with Gasteiger partial charge in [-0.05, 0) is 19.1 Å². The molecular weight excluding hydrogens is 235 g/mol. The zero-order valence-electron chi connectivity index (χ0n) is 9.70. The van der Waals surface area contributed by atoms with Crippen LogP contribution in [0.3, 0.4) is 0 Å². The molecule has 4 nitrogen and oxygen atoms in total. The first-order valence-corrected chi connectivity index (χ1v) is 5.28. The van der Waals surface area contributed by atoms with Gasteiger partial charge in [-0.1, -0.05) is 18.7 Å². The highest BCUT2D eigenvalue weighted by atomic mass is 19.1. The van der Waals surface area contributed by atoms with E-state index in [1.807, 2.05) is 0 Å². The van der Waals surface area contributed by atoms with Crippen LogP contribution in [-0.4, -0.2) is 21.0 Å². The van der Waals surface area contributed by atoms with E-state index in [-0.39, 0.29) is 17.0 Å². The van der Waals surface area contributed by atoms with Gasteiger partial charge in [0.2, 0.25) is 0 Å². The molecule has 0 bridgehead atoms. The number of hydrogen-bond donors (Lipinski definition) is 2. The summed E-state index contributed by atoms with van der Waals surface area (Å²) in [6.07, 6.45) is 1.53. The minimum Gasteiger partial charge on any atom is -0.478 e. The van der Waals surface area contributed by atoms with Crippen LogP contribution in [0.4, 0.5) is 4.39 Å². The first kappa shape index (κ1) is 12.0. The quantitative estimate of drug-likeness (QED) is 0.817. The molecule has 1 aromatic heterocycles. The molecular formula is C13H11FN2O2. The van der Waals surface area contributed by atoms with E-state index in [4.69, 9.17) is 5.11 Å². The average molecular weight is 246 g/mol. The molecule has 0 amide bonds. The van der Waals surface area contributed by atoms with Gasteiger partial charge >= 0.3 is 5.97 Å². The molecule has 0 spiro atoms. The van der Waals surface area contributed by atoms with Gasteiger partial charge in [-0.2, -0.15) is 0 Å². The molecule has 0 saturated heterocycles.